The molecule has 0 bridgehead atoms. The van der Waals surface area contributed by atoms with Gasteiger partial charge < -0.3 is 0 Å². The second-order valence-corrected chi connectivity index (χ2v) is 8.09. The lowest BCUT2D eigenvalue weighted by Crippen LogP contribution is -2.21. The third-order valence-corrected chi connectivity index (χ3v) is 8.56. The van der Waals surface area contributed by atoms with Gasteiger partial charge in [-0.15, -0.1) is 35.3 Å². The first-order valence-corrected chi connectivity index (χ1v) is 9.09. The lowest BCUT2D eigenvalue weighted by molar-refractivity contribution is 0.344. The molecule has 0 atom stereocenters. The summed E-state index contributed by atoms with van der Waals surface area (Å²) in [5.74, 6) is 0.996. The third kappa shape index (κ3) is 3.57. The van der Waals surface area contributed by atoms with Crippen molar-refractivity contribution in [2.45, 2.75) is 41.9 Å². The van der Waals surface area contributed by atoms with Crippen molar-refractivity contribution in [3.8, 4) is 0 Å². The summed E-state index contributed by atoms with van der Waals surface area (Å²) in [5.41, 5.74) is 0. The zero-order valence-corrected chi connectivity index (χ0v) is 12.0. The summed E-state index contributed by atoms with van der Waals surface area (Å²) in [6.07, 6.45) is 15.5. The van der Waals surface area contributed by atoms with Crippen molar-refractivity contribution < 1.29 is 0 Å². The van der Waals surface area contributed by atoms with Crippen LogP contribution in [0.2, 0.25) is 0 Å². The van der Waals surface area contributed by atoms with E-state index in [4.69, 9.17) is 0 Å². The summed E-state index contributed by atoms with van der Waals surface area (Å²) >= 11 is 6.11. The van der Waals surface area contributed by atoms with E-state index in [2.05, 4.69) is 18.8 Å². The van der Waals surface area contributed by atoms with Gasteiger partial charge in [-0.05, 0) is 31.1 Å². The lowest BCUT2D eigenvalue weighted by Gasteiger charge is -2.33. The Kier molecular flexibility index (Phi) is 6.18. The van der Waals surface area contributed by atoms with Gasteiger partial charge in [-0.2, -0.15) is 0 Å². The normalized spacial score (nSPS) is 19.9. The monoisotopic (exact) mass is 250 g/mol. The second-order valence-electron chi connectivity index (χ2n) is 4.00. The summed E-state index contributed by atoms with van der Waals surface area (Å²) in [6.45, 7) is 0. The average Bonchev–Trinajstić information content (AvgIpc) is 2.28. The van der Waals surface area contributed by atoms with Crippen LogP contribution in [-0.4, -0.2) is 22.2 Å². The zero-order chi connectivity index (χ0) is 10.4. The van der Waals surface area contributed by atoms with E-state index in [0.717, 1.165) is 5.92 Å². The van der Waals surface area contributed by atoms with Crippen LogP contribution in [0, 0.1) is 5.92 Å². The maximum atomic E-state index is 2.26. The van der Waals surface area contributed by atoms with Crippen molar-refractivity contribution in [2.75, 3.05) is 18.8 Å². The van der Waals surface area contributed by atoms with E-state index < -0.39 is 0 Å². The molecule has 3 heteroatoms. The summed E-state index contributed by atoms with van der Waals surface area (Å²) in [7, 11) is 0. The molecular weight excluding hydrogens is 228 g/mol. The lowest BCUT2D eigenvalue weighted by atomic mass is 9.87. The molecule has 1 saturated carbocycles. The van der Waals surface area contributed by atoms with Gasteiger partial charge in [0.05, 0.1) is 0 Å². The highest BCUT2D eigenvalue weighted by molar-refractivity contribution is 8.33. The minimum absolute atomic E-state index is 0.433. The van der Waals surface area contributed by atoms with E-state index in [-0.39, 0.29) is 0 Å². The fourth-order valence-corrected chi connectivity index (χ4v) is 5.45. The summed E-state index contributed by atoms with van der Waals surface area (Å²) in [6, 6.07) is 0. The maximum absolute atomic E-state index is 2.26. The van der Waals surface area contributed by atoms with Gasteiger partial charge in [0.1, 0.15) is 3.41 Å². The highest BCUT2D eigenvalue weighted by atomic mass is 32.3. The van der Waals surface area contributed by atoms with E-state index in [9.17, 15) is 0 Å². The Morgan fingerprint density at radius 3 is 1.86 bits per heavy atom. The van der Waals surface area contributed by atoms with Gasteiger partial charge in [0.15, 0.2) is 0 Å². The fourth-order valence-electron chi connectivity index (χ4n) is 2.24. The van der Waals surface area contributed by atoms with Crippen LogP contribution < -0.4 is 0 Å². The van der Waals surface area contributed by atoms with E-state index in [1.54, 1.807) is 0 Å². The van der Waals surface area contributed by atoms with Gasteiger partial charge in [-0.1, -0.05) is 32.1 Å². The van der Waals surface area contributed by atoms with Gasteiger partial charge in [-0.25, -0.2) is 0 Å². The molecule has 0 saturated heterocycles. The largest absolute Gasteiger partial charge is 0.137 e. The molecular formula is C11H22S3. The maximum Gasteiger partial charge on any atom is 0.106 e. The highest BCUT2D eigenvalue weighted by Crippen LogP contribution is 2.49. The van der Waals surface area contributed by atoms with Crippen LogP contribution >= 0.6 is 35.3 Å². The van der Waals surface area contributed by atoms with Gasteiger partial charge in [0.25, 0.3) is 0 Å². The van der Waals surface area contributed by atoms with Crippen molar-refractivity contribution in [1.29, 1.82) is 0 Å². The molecule has 0 aliphatic heterocycles. The van der Waals surface area contributed by atoms with Crippen LogP contribution in [0.25, 0.3) is 0 Å². The van der Waals surface area contributed by atoms with Crippen LogP contribution in [0.4, 0.5) is 0 Å². The van der Waals surface area contributed by atoms with Crippen LogP contribution in [0.15, 0.2) is 0 Å². The van der Waals surface area contributed by atoms with E-state index in [0.29, 0.717) is 3.41 Å². The Morgan fingerprint density at radius 2 is 1.43 bits per heavy atom. The first kappa shape index (κ1) is 13.1. The minimum atomic E-state index is 0.433. The Hall–Kier alpha value is 1.05. The van der Waals surface area contributed by atoms with Crippen LogP contribution in [0.5, 0.6) is 0 Å². The van der Waals surface area contributed by atoms with Crippen molar-refractivity contribution in [3.63, 3.8) is 0 Å². The van der Waals surface area contributed by atoms with E-state index in [1.165, 1.54) is 38.5 Å². The molecule has 0 heterocycles. The molecule has 0 aromatic carbocycles. The van der Waals surface area contributed by atoms with E-state index in [1.807, 2.05) is 35.3 Å². The Labute approximate surface area is 102 Å². The summed E-state index contributed by atoms with van der Waals surface area (Å²) < 4.78 is 0.433. The first-order chi connectivity index (χ1) is 6.76. The average molecular weight is 250 g/mol. The fraction of sp³-hybridized carbons (Fsp3) is 1.00. The SMILES string of the molecule is CSC(CC1CCCCC1)(SC)SC. The van der Waals surface area contributed by atoms with Crippen molar-refractivity contribution in [1.82, 2.24) is 0 Å². The molecule has 1 rings (SSSR count). The number of thioether (sulfide) groups is 3. The van der Waals surface area contributed by atoms with E-state index >= 15 is 0 Å². The van der Waals surface area contributed by atoms with Gasteiger partial charge in [-0.3, -0.25) is 0 Å². The molecule has 0 aromatic rings. The Bertz CT molecular complexity index is 140. The first-order valence-electron chi connectivity index (χ1n) is 5.42. The van der Waals surface area contributed by atoms with Gasteiger partial charge in [0.2, 0.25) is 0 Å². The number of hydrogen-bond donors (Lipinski definition) is 0. The predicted molar refractivity (Wildman–Crippen MR) is 74.5 cm³/mol. The molecule has 0 unspecified atom stereocenters. The van der Waals surface area contributed by atoms with Crippen molar-refractivity contribution in [2.24, 2.45) is 5.92 Å². The van der Waals surface area contributed by atoms with Gasteiger partial charge in [0, 0.05) is 0 Å². The molecule has 0 nitrogen and oxygen atoms in total. The number of rotatable bonds is 5. The van der Waals surface area contributed by atoms with Crippen LogP contribution in [-0.2, 0) is 0 Å². The minimum Gasteiger partial charge on any atom is -0.137 e. The second kappa shape index (κ2) is 6.59. The van der Waals surface area contributed by atoms with Crippen molar-refractivity contribution >= 4 is 35.3 Å². The predicted octanol–water partition coefficient (Wildman–Crippen LogP) is 4.70. The summed E-state index contributed by atoms with van der Waals surface area (Å²) in [4.78, 5) is 0. The summed E-state index contributed by atoms with van der Waals surface area (Å²) in [5, 5.41) is 0. The quantitative estimate of drug-likeness (QED) is 0.649. The number of hydrogen-bond acceptors (Lipinski definition) is 3. The molecule has 1 aliphatic rings. The molecule has 14 heavy (non-hydrogen) atoms. The Balaban J connectivity index is 2.44. The Morgan fingerprint density at radius 1 is 0.929 bits per heavy atom. The molecule has 0 radical (unpaired) electrons. The molecule has 1 aliphatic carbocycles. The van der Waals surface area contributed by atoms with Gasteiger partial charge >= 0.3 is 0 Å². The zero-order valence-electron chi connectivity index (χ0n) is 9.54. The molecule has 1 fully saturated rings. The molecule has 0 N–H and O–H groups in total. The molecule has 0 spiro atoms. The van der Waals surface area contributed by atoms with Crippen LogP contribution in [0.3, 0.4) is 0 Å². The molecule has 0 amide bonds. The topological polar surface area (TPSA) is 0 Å². The standard InChI is InChI=1S/C11H22S3/c1-12-11(13-2,14-3)9-10-7-5-4-6-8-10/h10H,4-9H2,1-3H3. The third-order valence-electron chi connectivity index (χ3n) is 3.20. The highest BCUT2D eigenvalue weighted by Gasteiger charge is 2.31. The molecule has 84 valence electrons. The van der Waals surface area contributed by atoms with Crippen molar-refractivity contribution in [3.05, 3.63) is 0 Å². The smallest absolute Gasteiger partial charge is 0.106 e. The van der Waals surface area contributed by atoms with Crippen LogP contribution in [0.1, 0.15) is 38.5 Å². The molecule has 0 aromatic heterocycles.